The van der Waals surface area contributed by atoms with Crippen LogP contribution < -0.4 is 14.8 Å². The van der Waals surface area contributed by atoms with Crippen LogP contribution in [0, 0.1) is 0 Å². The third kappa shape index (κ3) is 3.96. The summed E-state index contributed by atoms with van der Waals surface area (Å²) in [4.78, 5) is 11.7. The number of nitrogens with one attached hydrogen (secondary N) is 1. The average molecular weight is 403 g/mol. The lowest BCUT2D eigenvalue weighted by Gasteiger charge is -2.11. The first kappa shape index (κ1) is 19.8. The molecule has 8 heteroatoms. The highest BCUT2D eigenvalue weighted by atomic mass is 32.2. The molecule has 0 unspecified atom stereocenters. The van der Waals surface area contributed by atoms with Crippen molar-refractivity contribution in [3.8, 4) is 11.5 Å². The van der Waals surface area contributed by atoms with Gasteiger partial charge in [-0.15, -0.1) is 0 Å². The third-order valence-electron chi connectivity index (χ3n) is 4.28. The molecule has 0 saturated carbocycles. The predicted octanol–water partition coefficient (Wildman–Crippen LogP) is 3.44. The first-order valence-corrected chi connectivity index (χ1v) is 10.1. The van der Waals surface area contributed by atoms with Crippen LogP contribution in [-0.2, 0) is 19.4 Å². The van der Waals surface area contributed by atoms with Crippen LogP contribution in [0.1, 0.15) is 25.3 Å². The Balaban J connectivity index is 1.92. The van der Waals surface area contributed by atoms with Crippen molar-refractivity contribution in [1.82, 2.24) is 0 Å². The lowest BCUT2D eigenvalue weighted by Crippen LogP contribution is -2.17. The van der Waals surface area contributed by atoms with Gasteiger partial charge < -0.3 is 19.5 Å². The van der Waals surface area contributed by atoms with Crippen molar-refractivity contribution < 1.29 is 27.4 Å². The number of carbonyl (C=O) groups is 1. The molecule has 1 aliphatic rings. The number of ether oxygens (including phenoxy) is 3. The zero-order valence-corrected chi connectivity index (χ0v) is 16.6. The Morgan fingerprint density at radius 1 is 1.11 bits per heavy atom. The molecule has 28 heavy (non-hydrogen) atoms. The van der Waals surface area contributed by atoms with Crippen molar-refractivity contribution in [2.24, 2.45) is 0 Å². The molecule has 0 saturated heterocycles. The molecule has 1 N–H and O–H groups in total. The molecule has 0 atom stereocenters. The van der Waals surface area contributed by atoms with E-state index < -0.39 is 20.7 Å². The van der Waals surface area contributed by atoms with Crippen LogP contribution in [0.2, 0.25) is 0 Å². The van der Waals surface area contributed by atoms with Gasteiger partial charge in [0.15, 0.2) is 16.4 Å². The number of rotatable bonds is 6. The summed E-state index contributed by atoms with van der Waals surface area (Å²) >= 11 is 0. The number of fused-ring (bicyclic) bond motifs is 1. The number of hydrogen-bond donors (Lipinski definition) is 1. The first-order valence-electron chi connectivity index (χ1n) is 8.62. The Labute approximate surface area is 163 Å². The molecule has 0 amide bonds. The van der Waals surface area contributed by atoms with Crippen molar-refractivity contribution in [3.05, 3.63) is 59.1 Å². The minimum absolute atomic E-state index is 0.0148. The highest BCUT2D eigenvalue weighted by molar-refractivity contribution is 7.96. The molecule has 0 bridgehead atoms. The summed E-state index contributed by atoms with van der Waals surface area (Å²) in [6.07, 6.45) is 1.12. The summed E-state index contributed by atoms with van der Waals surface area (Å²) in [7, 11) is -2.94. The van der Waals surface area contributed by atoms with E-state index in [-0.39, 0.29) is 17.6 Å². The van der Waals surface area contributed by atoms with Gasteiger partial charge in [-0.25, -0.2) is 13.2 Å². The quantitative estimate of drug-likeness (QED) is 0.583. The van der Waals surface area contributed by atoms with Crippen molar-refractivity contribution >= 4 is 21.5 Å². The van der Waals surface area contributed by atoms with E-state index in [1.54, 1.807) is 30.3 Å². The molecule has 0 fully saturated rings. The van der Waals surface area contributed by atoms with E-state index in [4.69, 9.17) is 9.47 Å². The Morgan fingerprint density at radius 2 is 1.79 bits per heavy atom. The molecule has 2 aromatic carbocycles. The zero-order chi connectivity index (χ0) is 20.3. The summed E-state index contributed by atoms with van der Waals surface area (Å²) in [5.74, 6) is 0.437. The maximum absolute atomic E-state index is 13.0. The van der Waals surface area contributed by atoms with Gasteiger partial charge in [-0.05, 0) is 35.7 Å². The SMILES string of the molecule is COC(=O)/C(=C/Nc1ccc2c(c1)OCO2)S(=O)(=O)c1ccc(C(C)C)cc1. The van der Waals surface area contributed by atoms with Crippen LogP contribution >= 0.6 is 0 Å². The monoisotopic (exact) mass is 403 g/mol. The van der Waals surface area contributed by atoms with Gasteiger partial charge >= 0.3 is 5.97 Å². The minimum Gasteiger partial charge on any atom is -0.465 e. The molecular weight excluding hydrogens is 382 g/mol. The fourth-order valence-electron chi connectivity index (χ4n) is 2.64. The molecular formula is C20H21NO6S. The maximum atomic E-state index is 13.0. The molecule has 148 valence electrons. The van der Waals surface area contributed by atoms with Crippen LogP contribution in [0.4, 0.5) is 5.69 Å². The van der Waals surface area contributed by atoms with Gasteiger partial charge in [-0.2, -0.15) is 0 Å². The zero-order valence-electron chi connectivity index (χ0n) is 15.8. The fraction of sp³-hybridized carbons (Fsp3) is 0.250. The van der Waals surface area contributed by atoms with Crippen molar-refractivity contribution in [2.45, 2.75) is 24.7 Å². The summed E-state index contributed by atoms with van der Waals surface area (Å²) in [6, 6.07) is 11.5. The molecule has 2 aromatic rings. The van der Waals surface area contributed by atoms with Crippen LogP contribution in [0.15, 0.2) is 58.5 Å². The van der Waals surface area contributed by atoms with Crippen molar-refractivity contribution in [2.75, 3.05) is 19.2 Å². The molecule has 1 aliphatic heterocycles. The number of benzene rings is 2. The van der Waals surface area contributed by atoms with E-state index in [1.807, 2.05) is 13.8 Å². The molecule has 0 radical (unpaired) electrons. The lowest BCUT2D eigenvalue weighted by molar-refractivity contribution is -0.135. The highest BCUT2D eigenvalue weighted by Gasteiger charge is 2.28. The molecule has 7 nitrogen and oxygen atoms in total. The number of esters is 1. The van der Waals surface area contributed by atoms with Crippen LogP contribution in [0.5, 0.6) is 11.5 Å². The van der Waals surface area contributed by atoms with Crippen LogP contribution in [0.3, 0.4) is 0 Å². The highest BCUT2D eigenvalue weighted by Crippen LogP contribution is 2.34. The summed E-state index contributed by atoms with van der Waals surface area (Å²) in [5, 5.41) is 2.82. The van der Waals surface area contributed by atoms with Gasteiger partial charge in [0.05, 0.1) is 12.0 Å². The molecule has 0 aromatic heterocycles. The normalized spacial score (nSPS) is 13.5. The average Bonchev–Trinajstić information content (AvgIpc) is 3.15. The topological polar surface area (TPSA) is 90.9 Å². The summed E-state index contributed by atoms with van der Waals surface area (Å²) < 4.78 is 41.1. The second kappa shape index (κ2) is 7.93. The van der Waals surface area contributed by atoms with E-state index >= 15 is 0 Å². The maximum Gasteiger partial charge on any atom is 0.351 e. The summed E-state index contributed by atoms with van der Waals surface area (Å²) in [6.45, 7) is 4.15. The van der Waals surface area contributed by atoms with Gasteiger partial charge in [0.2, 0.25) is 16.6 Å². The van der Waals surface area contributed by atoms with Gasteiger partial charge in [0.25, 0.3) is 0 Å². The predicted molar refractivity (Wildman–Crippen MR) is 104 cm³/mol. The standard InChI is InChI=1S/C20H21NO6S/c1-13(2)14-4-7-16(8-5-14)28(23,24)19(20(22)25-3)11-21-15-6-9-17-18(10-15)27-12-26-17/h4-11,13,21H,12H2,1-3H3/b19-11-. The molecule has 0 spiro atoms. The number of sulfone groups is 1. The lowest BCUT2D eigenvalue weighted by atomic mass is 10.0. The third-order valence-corrected chi connectivity index (χ3v) is 6.03. The Morgan fingerprint density at radius 3 is 2.43 bits per heavy atom. The van der Waals surface area contributed by atoms with E-state index in [9.17, 15) is 13.2 Å². The Kier molecular flexibility index (Phi) is 5.60. The van der Waals surface area contributed by atoms with E-state index in [0.717, 1.165) is 18.9 Å². The fourth-order valence-corrected chi connectivity index (χ4v) is 3.91. The molecule has 0 aliphatic carbocycles. The van der Waals surface area contributed by atoms with Crippen molar-refractivity contribution in [3.63, 3.8) is 0 Å². The van der Waals surface area contributed by atoms with Crippen LogP contribution in [-0.4, -0.2) is 28.3 Å². The van der Waals surface area contributed by atoms with E-state index in [2.05, 4.69) is 10.1 Å². The largest absolute Gasteiger partial charge is 0.465 e. The van der Waals surface area contributed by atoms with E-state index in [0.29, 0.717) is 17.2 Å². The molecule has 3 rings (SSSR count). The molecule has 1 heterocycles. The smallest absolute Gasteiger partial charge is 0.351 e. The van der Waals surface area contributed by atoms with Gasteiger partial charge in [-0.1, -0.05) is 26.0 Å². The second-order valence-electron chi connectivity index (χ2n) is 6.44. The van der Waals surface area contributed by atoms with Gasteiger partial charge in [0, 0.05) is 18.0 Å². The Hall–Kier alpha value is -3.00. The van der Waals surface area contributed by atoms with Gasteiger partial charge in [-0.3, -0.25) is 0 Å². The first-order chi connectivity index (χ1) is 13.3. The Bertz CT molecular complexity index is 1010. The second-order valence-corrected chi connectivity index (χ2v) is 8.36. The minimum atomic E-state index is -4.07. The van der Waals surface area contributed by atoms with Crippen LogP contribution in [0.25, 0.3) is 0 Å². The van der Waals surface area contributed by atoms with Crippen molar-refractivity contribution in [1.29, 1.82) is 0 Å². The summed E-state index contributed by atoms with van der Waals surface area (Å²) in [5.41, 5.74) is 1.54. The van der Waals surface area contributed by atoms with E-state index in [1.165, 1.54) is 12.1 Å². The number of hydrogen-bond acceptors (Lipinski definition) is 7. The number of carbonyl (C=O) groups excluding carboxylic acids is 1. The number of methoxy groups -OCH3 is 1. The number of anilines is 1. The van der Waals surface area contributed by atoms with Gasteiger partial charge in [0.1, 0.15) is 0 Å².